The van der Waals surface area contributed by atoms with Gasteiger partial charge in [0.2, 0.25) is 0 Å². The Morgan fingerprint density at radius 2 is 2.19 bits per heavy atom. The van der Waals surface area contributed by atoms with E-state index in [1.54, 1.807) is 12.3 Å². The van der Waals surface area contributed by atoms with Crippen molar-refractivity contribution in [3.05, 3.63) is 40.8 Å². The molecule has 108 valence electrons. The molecule has 0 amide bonds. The standard InChI is InChI=1S/C14H14N4O3/c19-12-7-11(10-4-5-15-8-16-10)17-13-9(14(20)21)3-1-2-6-18(12)13/h4-5,7-9H,1-3,6H2,(H,20,21). The third kappa shape index (κ3) is 2.54. The van der Waals surface area contributed by atoms with Crippen LogP contribution in [0.15, 0.2) is 29.5 Å². The molecule has 1 N–H and O–H groups in total. The van der Waals surface area contributed by atoms with Gasteiger partial charge in [-0.15, -0.1) is 0 Å². The summed E-state index contributed by atoms with van der Waals surface area (Å²) in [6.45, 7) is 0.509. The molecule has 1 aliphatic rings. The average Bonchev–Trinajstić information content (AvgIpc) is 2.71. The number of hydrogen-bond acceptors (Lipinski definition) is 5. The monoisotopic (exact) mass is 286 g/mol. The van der Waals surface area contributed by atoms with Crippen LogP contribution in [0.5, 0.6) is 0 Å². The van der Waals surface area contributed by atoms with Gasteiger partial charge in [0, 0.05) is 18.8 Å². The third-order valence-corrected chi connectivity index (χ3v) is 3.62. The molecular formula is C14H14N4O3. The van der Waals surface area contributed by atoms with E-state index >= 15 is 0 Å². The van der Waals surface area contributed by atoms with E-state index in [4.69, 9.17) is 0 Å². The van der Waals surface area contributed by atoms with Gasteiger partial charge in [-0.25, -0.2) is 15.0 Å². The lowest BCUT2D eigenvalue weighted by Crippen LogP contribution is -2.27. The normalized spacial score (nSPS) is 17.8. The van der Waals surface area contributed by atoms with E-state index in [2.05, 4.69) is 15.0 Å². The molecular weight excluding hydrogens is 272 g/mol. The predicted octanol–water partition coefficient (Wildman–Crippen LogP) is 1.05. The maximum absolute atomic E-state index is 12.3. The molecule has 1 atom stereocenters. The number of carboxylic acids is 1. The van der Waals surface area contributed by atoms with Crippen LogP contribution >= 0.6 is 0 Å². The Morgan fingerprint density at radius 3 is 2.90 bits per heavy atom. The minimum absolute atomic E-state index is 0.234. The first kappa shape index (κ1) is 13.4. The molecule has 7 nitrogen and oxygen atoms in total. The summed E-state index contributed by atoms with van der Waals surface area (Å²) in [6.07, 6.45) is 4.97. The SMILES string of the molecule is O=C(O)C1CCCCn2c1nc(-c1ccncn1)cc2=O. The Hall–Kier alpha value is -2.57. The summed E-state index contributed by atoms with van der Waals surface area (Å²) in [4.78, 5) is 36.0. The van der Waals surface area contributed by atoms with Gasteiger partial charge in [-0.1, -0.05) is 6.42 Å². The van der Waals surface area contributed by atoms with Crippen LogP contribution in [0.4, 0.5) is 0 Å². The highest BCUT2D eigenvalue weighted by Crippen LogP contribution is 2.25. The van der Waals surface area contributed by atoms with Crippen LogP contribution in [-0.4, -0.2) is 30.6 Å². The number of carboxylic acid groups (broad SMARTS) is 1. The van der Waals surface area contributed by atoms with E-state index < -0.39 is 11.9 Å². The molecule has 0 saturated heterocycles. The molecule has 0 bridgehead atoms. The fourth-order valence-electron chi connectivity index (χ4n) is 2.57. The van der Waals surface area contributed by atoms with Crippen molar-refractivity contribution in [3.8, 4) is 11.4 Å². The van der Waals surface area contributed by atoms with Crippen molar-refractivity contribution in [2.45, 2.75) is 31.7 Å². The maximum Gasteiger partial charge on any atom is 0.314 e. The fraction of sp³-hybridized carbons (Fsp3) is 0.357. The predicted molar refractivity (Wildman–Crippen MR) is 73.8 cm³/mol. The fourth-order valence-corrected chi connectivity index (χ4v) is 2.57. The van der Waals surface area contributed by atoms with Gasteiger partial charge in [0.05, 0.1) is 11.4 Å². The Kier molecular flexibility index (Phi) is 3.47. The van der Waals surface area contributed by atoms with E-state index in [1.807, 2.05) is 0 Å². The van der Waals surface area contributed by atoms with E-state index in [-0.39, 0.29) is 5.56 Å². The number of aromatic nitrogens is 4. The Balaban J connectivity index is 2.18. The highest BCUT2D eigenvalue weighted by atomic mass is 16.4. The maximum atomic E-state index is 12.3. The number of carbonyl (C=O) groups is 1. The number of fused-ring (bicyclic) bond motifs is 1. The molecule has 0 fully saturated rings. The molecule has 0 aliphatic carbocycles. The molecule has 0 radical (unpaired) electrons. The largest absolute Gasteiger partial charge is 0.481 e. The van der Waals surface area contributed by atoms with Crippen molar-refractivity contribution in [2.24, 2.45) is 0 Å². The number of aliphatic carboxylic acids is 1. The van der Waals surface area contributed by atoms with E-state index in [0.29, 0.717) is 30.2 Å². The highest BCUT2D eigenvalue weighted by Gasteiger charge is 2.27. The molecule has 1 unspecified atom stereocenters. The van der Waals surface area contributed by atoms with Gasteiger partial charge in [0.25, 0.3) is 5.56 Å². The molecule has 21 heavy (non-hydrogen) atoms. The molecule has 3 rings (SSSR count). The van der Waals surface area contributed by atoms with Crippen molar-refractivity contribution in [1.29, 1.82) is 0 Å². The van der Waals surface area contributed by atoms with Crippen molar-refractivity contribution >= 4 is 5.97 Å². The second-order valence-corrected chi connectivity index (χ2v) is 4.97. The Morgan fingerprint density at radius 1 is 1.33 bits per heavy atom. The summed E-state index contributed by atoms with van der Waals surface area (Å²) in [6, 6.07) is 3.04. The highest BCUT2D eigenvalue weighted by molar-refractivity contribution is 5.75. The summed E-state index contributed by atoms with van der Waals surface area (Å²) < 4.78 is 1.47. The molecule has 0 spiro atoms. The second-order valence-electron chi connectivity index (χ2n) is 4.97. The molecule has 2 aromatic heterocycles. The van der Waals surface area contributed by atoms with Gasteiger partial charge < -0.3 is 5.11 Å². The average molecular weight is 286 g/mol. The zero-order valence-electron chi connectivity index (χ0n) is 11.3. The quantitative estimate of drug-likeness (QED) is 0.886. The van der Waals surface area contributed by atoms with Crippen LogP contribution in [0.3, 0.4) is 0 Å². The van der Waals surface area contributed by atoms with Crippen molar-refractivity contribution in [3.63, 3.8) is 0 Å². The molecule has 0 aromatic carbocycles. The minimum Gasteiger partial charge on any atom is -0.481 e. The topological polar surface area (TPSA) is 98.0 Å². The van der Waals surface area contributed by atoms with Crippen molar-refractivity contribution in [2.75, 3.05) is 0 Å². The first-order chi connectivity index (χ1) is 10.2. The van der Waals surface area contributed by atoms with Gasteiger partial charge in [0.1, 0.15) is 18.1 Å². The first-order valence-corrected chi connectivity index (χ1v) is 6.78. The second kappa shape index (κ2) is 5.43. The minimum atomic E-state index is -0.947. The smallest absolute Gasteiger partial charge is 0.314 e. The zero-order chi connectivity index (χ0) is 14.8. The Labute approximate surface area is 120 Å². The lowest BCUT2D eigenvalue weighted by molar-refractivity contribution is -0.139. The summed E-state index contributed by atoms with van der Waals surface area (Å²) in [7, 11) is 0. The van der Waals surface area contributed by atoms with Crippen LogP contribution < -0.4 is 5.56 Å². The first-order valence-electron chi connectivity index (χ1n) is 6.78. The zero-order valence-corrected chi connectivity index (χ0v) is 11.3. The van der Waals surface area contributed by atoms with Gasteiger partial charge in [0.15, 0.2) is 0 Å². The van der Waals surface area contributed by atoms with Gasteiger partial charge in [-0.2, -0.15) is 0 Å². The van der Waals surface area contributed by atoms with Crippen molar-refractivity contribution < 1.29 is 9.90 Å². The van der Waals surface area contributed by atoms with E-state index in [1.165, 1.54) is 17.0 Å². The summed E-state index contributed by atoms with van der Waals surface area (Å²) in [5.41, 5.74) is 0.669. The number of rotatable bonds is 2. The van der Waals surface area contributed by atoms with Gasteiger partial charge >= 0.3 is 5.97 Å². The van der Waals surface area contributed by atoms with Crippen LogP contribution in [-0.2, 0) is 11.3 Å². The molecule has 2 aromatic rings. The summed E-state index contributed by atoms with van der Waals surface area (Å²) >= 11 is 0. The van der Waals surface area contributed by atoms with Crippen LogP contribution in [0, 0.1) is 0 Å². The van der Waals surface area contributed by atoms with E-state index in [0.717, 1.165) is 12.8 Å². The molecule has 1 aliphatic heterocycles. The summed E-state index contributed by atoms with van der Waals surface area (Å²) in [5.74, 6) is -1.37. The summed E-state index contributed by atoms with van der Waals surface area (Å²) in [5, 5.41) is 9.38. The van der Waals surface area contributed by atoms with E-state index in [9.17, 15) is 14.7 Å². The van der Waals surface area contributed by atoms with Crippen molar-refractivity contribution in [1.82, 2.24) is 19.5 Å². The third-order valence-electron chi connectivity index (χ3n) is 3.62. The lowest BCUT2D eigenvalue weighted by Gasteiger charge is -2.14. The Bertz CT molecular complexity index is 727. The van der Waals surface area contributed by atoms with Gasteiger partial charge in [-0.05, 0) is 18.9 Å². The number of nitrogens with zero attached hydrogens (tertiary/aromatic N) is 4. The van der Waals surface area contributed by atoms with Crippen LogP contribution in [0.1, 0.15) is 31.0 Å². The number of hydrogen-bond donors (Lipinski definition) is 1. The van der Waals surface area contributed by atoms with Gasteiger partial charge in [-0.3, -0.25) is 14.2 Å². The molecule has 0 saturated carbocycles. The van der Waals surface area contributed by atoms with Crippen LogP contribution in [0.2, 0.25) is 0 Å². The van der Waals surface area contributed by atoms with Crippen LogP contribution in [0.25, 0.3) is 11.4 Å². The lowest BCUT2D eigenvalue weighted by atomic mass is 10.0. The molecule has 7 heteroatoms. The molecule has 3 heterocycles.